The Kier molecular flexibility index (Phi) is 10.1. The van der Waals surface area contributed by atoms with Gasteiger partial charge in [0.15, 0.2) is 0 Å². The second-order valence-corrected chi connectivity index (χ2v) is 7.14. The number of nitrogens with one attached hydrogen (secondary N) is 2. The SMILES string of the molecule is C=C/C=C(OC)\C(=C/C)c1c[nH]c2ncc(-c3ccc4[nH]cc(CC(=O)O)c4c3)cc12.CC.CC. The Morgan fingerprint density at radius 2 is 1.80 bits per heavy atom. The first-order valence-electron chi connectivity index (χ1n) is 11.9. The van der Waals surface area contributed by atoms with Gasteiger partial charge in [0.2, 0.25) is 0 Å². The Morgan fingerprint density at radius 1 is 1.09 bits per heavy atom. The molecule has 6 heteroatoms. The first-order valence-corrected chi connectivity index (χ1v) is 11.9. The number of aliphatic carboxylic acids is 1. The molecule has 4 aromatic rings. The largest absolute Gasteiger partial charge is 0.496 e. The van der Waals surface area contributed by atoms with Crippen LogP contribution in [0.5, 0.6) is 0 Å². The maximum absolute atomic E-state index is 11.2. The quantitative estimate of drug-likeness (QED) is 0.191. The Bertz CT molecular complexity index is 1360. The van der Waals surface area contributed by atoms with E-state index in [2.05, 4.69) is 27.6 Å². The average Bonchev–Trinajstić information content (AvgIpc) is 3.49. The molecule has 0 unspecified atom stereocenters. The van der Waals surface area contributed by atoms with E-state index in [-0.39, 0.29) is 6.42 Å². The monoisotopic (exact) mass is 473 g/mol. The predicted molar refractivity (Wildman–Crippen MR) is 146 cm³/mol. The van der Waals surface area contributed by atoms with Crippen molar-refractivity contribution in [3.63, 3.8) is 0 Å². The first-order chi connectivity index (χ1) is 17.0. The van der Waals surface area contributed by atoms with E-state index in [1.165, 1.54) is 0 Å². The van der Waals surface area contributed by atoms with Crippen molar-refractivity contribution in [1.82, 2.24) is 15.0 Å². The van der Waals surface area contributed by atoms with Gasteiger partial charge in [0.1, 0.15) is 11.4 Å². The molecule has 0 fully saturated rings. The Labute approximate surface area is 207 Å². The maximum Gasteiger partial charge on any atom is 0.307 e. The van der Waals surface area contributed by atoms with E-state index < -0.39 is 5.97 Å². The van der Waals surface area contributed by atoms with Gasteiger partial charge < -0.3 is 19.8 Å². The molecule has 0 amide bonds. The number of methoxy groups -OCH3 is 1. The minimum atomic E-state index is -0.855. The number of benzene rings is 1. The van der Waals surface area contributed by atoms with Gasteiger partial charge in [0.25, 0.3) is 0 Å². The molecule has 0 aliphatic carbocycles. The Balaban J connectivity index is 0.00000103. The van der Waals surface area contributed by atoms with E-state index >= 15 is 0 Å². The lowest BCUT2D eigenvalue weighted by atomic mass is 9.99. The zero-order chi connectivity index (χ0) is 26.0. The van der Waals surface area contributed by atoms with Crippen molar-refractivity contribution in [3.8, 4) is 11.1 Å². The number of nitrogens with zero attached hydrogens (tertiary/aromatic N) is 1. The van der Waals surface area contributed by atoms with Crippen LogP contribution < -0.4 is 0 Å². The fourth-order valence-corrected chi connectivity index (χ4v) is 3.86. The van der Waals surface area contributed by atoms with Crippen LogP contribution in [0.15, 0.2) is 73.4 Å². The number of carboxylic acids is 1. The van der Waals surface area contributed by atoms with Crippen molar-refractivity contribution in [1.29, 1.82) is 0 Å². The molecule has 0 aliphatic rings. The molecule has 6 nitrogen and oxygen atoms in total. The fourth-order valence-electron chi connectivity index (χ4n) is 3.86. The highest BCUT2D eigenvalue weighted by Crippen LogP contribution is 2.33. The van der Waals surface area contributed by atoms with Crippen LogP contribution in [0, 0.1) is 0 Å². The second kappa shape index (κ2) is 13.0. The molecule has 0 spiro atoms. The van der Waals surface area contributed by atoms with E-state index in [4.69, 9.17) is 4.74 Å². The van der Waals surface area contributed by atoms with E-state index in [9.17, 15) is 9.90 Å². The number of rotatable bonds is 7. The Hall–Kier alpha value is -4.06. The topological polar surface area (TPSA) is 91.0 Å². The number of hydrogen-bond donors (Lipinski definition) is 3. The van der Waals surface area contributed by atoms with E-state index in [0.717, 1.165) is 55.5 Å². The number of pyridine rings is 1. The van der Waals surface area contributed by atoms with Crippen LogP contribution in [0.3, 0.4) is 0 Å². The first kappa shape index (κ1) is 27.2. The highest BCUT2D eigenvalue weighted by atomic mass is 16.5. The molecule has 4 rings (SSSR count). The highest BCUT2D eigenvalue weighted by Gasteiger charge is 2.15. The van der Waals surface area contributed by atoms with Gasteiger partial charge in [-0.15, -0.1) is 0 Å². The van der Waals surface area contributed by atoms with Crippen LogP contribution in [0.2, 0.25) is 0 Å². The van der Waals surface area contributed by atoms with Crippen molar-refractivity contribution >= 4 is 33.5 Å². The van der Waals surface area contributed by atoms with Crippen LogP contribution in [0.25, 0.3) is 38.6 Å². The zero-order valence-corrected chi connectivity index (χ0v) is 21.4. The van der Waals surface area contributed by atoms with Gasteiger partial charge >= 0.3 is 5.97 Å². The summed E-state index contributed by atoms with van der Waals surface area (Å²) >= 11 is 0. The number of hydrogen-bond acceptors (Lipinski definition) is 3. The summed E-state index contributed by atoms with van der Waals surface area (Å²) in [4.78, 5) is 22.2. The molecule has 3 N–H and O–H groups in total. The lowest BCUT2D eigenvalue weighted by Gasteiger charge is -2.10. The molecule has 0 saturated carbocycles. The summed E-state index contributed by atoms with van der Waals surface area (Å²) in [6.07, 6.45) is 11.0. The summed E-state index contributed by atoms with van der Waals surface area (Å²) in [5.41, 5.74) is 6.29. The normalized spacial score (nSPS) is 11.4. The molecule has 1 aromatic carbocycles. The third kappa shape index (κ3) is 5.90. The van der Waals surface area contributed by atoms with Crippen LogP contribution in [-0.2, 0) is 16.0 Å². The van der Waals surface area contributed by atoms with Gasteiger partial charge in [-0.05, 0) is 42.3 Å². The van der Waals surface area contributed by atoms with Crippen molar-refractivity contribution in [3.05, 3.63) is 84.5 Å². The minimum absolute atomic E-state index is 0.0250. The van der Waals surface area contributed by atoms with Crippen LogP contribution >= 0.6 is 0 Å². The fraction of sp³-hybridized carbons (Fsp3) is 0.241. The molecule has 184 valence electrons. The van der Waals surface area contributed by atoms with Gasteiger partial charge in [-0.3, -0.25) is 4.79 Å². The molecule has 0 atom stereocenters. The summed E-state index contributed by atoms with van der Waals surface area (Å²) in [5.74, 6) is -0.136. The van der Waals surface area contributed by atoms with Gasteiger partial charge in [0, 0.05) is 51.6 Å². The molecule has 0 aliphatic heterocycles. The van der Waals surface area contributed by atoms with Gasteiger partial charge in [-0.1, -0.05) is 52.5 Å². The van der Waals surface area contributed by atoms with E-state index in [1.807, 2.05) is 77.4 Å². The number of fused-ring (bicyclic) bond motifs is 2. The van der Waals surface area contributed by atoms with Crippen LogP contribution in [-0.4, -0.2) is 33.1 Å². The predicted octanol–water partition coefficient (Wildman–Crippen LogP) is 7.51. The number of ether oxygens (including phenoxy) is 1. The van der Waals surface area contributed by atoms with Gasteiger partial charge in [-0.25, -0.2) is 4.98 Å². The highest BCUT2D eigenvalue weighted by molar-refractivity contribution is 5.97. The Morgan fingerprint density at radius 3 is 2.43 bits per heavy atom. The van der Waals surface area contributed by atoms with E-state index in [0.29, 0.717) is 0 Å². The maximum atomic E-state index is 11.2. The van der Waals surface area contributed by atoms with Crippen molar-refractivity contribution in [2.45, 2.75) is 41.0 Å². The van der Waals surface area contributed by atoms with Crippen molar-refractivity contribution in [2.24, 2.45) is 0 Å². The van der Waals surface area contributed by atoms with Crippen LogP contribution in [0.4, 0.5) is 0 Å². The number of aromatic amines is 2. The summed E-state index contributed by atoms with van der Waals surface area (Å²) in [6, 6.07) is 8.07. The number of allylic oxidation sites excluding steroid dienone is 4. The molecule has 3 heterocycles. The summed E-state index contributed by atoms with van der Waals surface area (Å²) < 4.78 is 5.55. The van der Waals surface area contributed by atoms with E-state index in [1.54, 1.807) is 19.4 Å². The smallest absolute Gasteiger partial charge is 0.307 e. The lowest BCUT2D eigenvalue weighted by Crippen LogP contribution is -1.98. The second-order valence-electron chi connectivity index (χ2n) is 7.14. The summed E-state index contributed by atoms with van der Waals surface area (Å²) in [7, 11) is 1.64. The molecule has 0 bridgehead atoms. The molecular weight excluding hydrogens is 438 g/mol. The molecular formula is C29H35N3O3. The minimum Gasteiger partial charge on any atom is -0.496 e. The molecule has 3 aromatic heterocycles. The number of carboxylic acid groups (broad SMARTS) is 1. The number of H-pyrrole nitrogens is 2. The zero-order valence-electron chi connectivity index (χ0n) is 21.4. The summed E-state index contributed by atoms with van der Waals surface area (Å²) in [6.45, 7) is 13.7. The van der Waals surface area contributed by atoms with Crippen molar-refractivity contribution in [2.75, 3.05) is 7.11 Å². The van der Waals surface area contributed by atoms with Crippen LogP contribution in [0.1, 0.15) is 45.7 Å². The molecule has 0 radical (unpaired) electrons. The third-order valence-electron chi connectivity index (χ3n) is 5.31. The number of aromatic nitrogens is 3. The standard InChI is InChI=1S/C25H23N3O3.2C2H6/c1-4-6-23(31-3)18(5-2)21-14-28-25-20(21)10-16(12-27-25)15-7-8-22-19(9-15)17(13-26-22)11-24(29)30;2*1-2/h4-10,12-14,26H,1,11H2,2-3H3,(H,27,28)(H,29,30);2*1-2H3/b18-5-,23-6+;;. The molecule has 35 heavy (non-hydrogen) atoms. The third-order valence-corrected chi connectivity index (χ3v) is 5.31. The molecule has 0 saturated heterocycles. The lowest BCUT2D eigenvalue weighted by molar-refractivity contribution is -0.136. The van der Waals surface area contributed by atoms with Gasteiger partial charge in [0.05, 0.1) is 13.5 Å². The number of carbonyl (C=O) groups is 1. The average molecular weight is 474 g/mol. The van der Waals surface area contributed by atoms with Crippen molar-refractivity contribution < 1.29 is 14.6 Å². The van der Waals surface area contributed by atoms with Gasteiger partial charge in [-0.2, -0.15) is 0 Å². The summed E-state index contributed by atoms with van der Waals surface area (Å²) in [5, 5.41) is 11.1.